The summed E-state index contributed by atoms with van der Waals surface area (Å²) in [4.78, 5) is 3.28. The van der Waals surface area contributed by atoms with Gasteiger partial charge in [0.1, 0.15) is 12.4 Å². The van der Waals surface area contributed by atoms with Crippen LogP contribution in [-0.4, -0.2) is 10.7 Å². The SMILES string of the molecule is CCCSCc1[nH]cc[n+]1CCCCC#N. The molecule has 0 aliphatic heterocycles. The monoisotopic (exact) mass is 238 g/mol. The van der Waals surface area contributed by atoms with E-state index in [4.69, 9.17) is 5.26 Å². The van der Waals surface area contributed by atoms with Crippen LogP contribution in [0.4, 0.5) is 0 Å². The van der Waals surface area contributed by atoms with E-state index in [0.29, 0.717) is 6.42 Å². The summed E-state index contributed by atoms with van der Waals surface area (Å²) in [6, 6.07) is 2.18. The number of aromatic amines is 1. The van der Waals surface area contributed by atoms with Crippen molar-refractivity contribution in [3.05, 3.63) is 18.2 Å². The lowest BCUT2D eigenvalue weighted by Gasteiger charge is -2.00. The Morgan fingerprint density at radius 1 is 1.50 bits per heavy atom. The molecule has 0 aliphatic rings. The van der Waals surface area contributed by atoms with Gasteiger partial charge in [0.05, 0.1) is 18.4 Å². The summed E-state index contributed by atoms with van der Waals surface area (Å²) in [6.07, 6.45) is 8.07. The highest BCUT2D eigenvalue weighted by Crippen LogP contribution is 2.08. The van der Waals surface area contributed by atoms with Crippen molar-refractivity contribution in [2.24, 2.45) is 0 Å². The van der Waals surface area contributed by atoms with E-state index in [0.717, 1.165) is 25.1 Å². The standard InChI is InChI=1S/C12H19N3S/c1-2-10-16-11-12-14-7-9-15(12)8-5-3-4-6-13/h7,9H,2-5,8,10-11H2,1H3/p+1. The highest BCUT2D eigenvalue weighted by atomic mass is 32.2. The van der Waals surface area contributed by atoms with Gasteiger partial charge >= 0.3 is 0 Å². The van der Waals surface area contributed by atoms with E-state index in [1.165, 1.54) is 18.0 Å². The number of imidazole rings is 1. The molecule has 0 bridgehead atoms. The van der Waals surface area contributed by atoms with Crippen molar-refractivity contribution in [1.29, 1.82) is 5.26 Å². The molecule has 0 aliphatic carbocycles. The Hall–Kier alpha value is -0.950. The van der Waals surface area contributed by atoms with Crippen LogP contribution >= 0.6 is 11.8 Å². The number of aromatic nitrogens is 2. The fourth-order valence-corrected chi connectivity index (χ4v) is 2.41. The van der Waals surface area contributed by atoms with Gasteiger partial charge in [0.2, 0.25) is 0 Å². The number of nitrogens with zero attached hydrogens (tertiary/aromatic N) is 2. The van der Waals surface area contributed by atoms with Gasteiger partial charge in [-0.15, -0.1) is 11.8 Å². The zero-order valence-corrected chi connectivity index (χ0v) is 10.7. The molecule has 0 saturated heterocycles. The van der Waals surface area contributed by atoms with Gasteiger partial charge in [-0.1, -0.05) is 6.92 Å². The Labute approximate surface area is 102 Å². The van der Waals surface area contributed by atoms with E-state index in [1.807, 2.05) is 18.0 Å². The lowest BCUT2D eigenvalue weighted by atomic mass is 10.2. The quantitative estimate of drug-likeness (QED) is 0.559. The number of aryl methyl sites for hydroxylation is 1. The molecule has 16 heavy (non-hydrogen) atoms. The predicted molar refractivity (Wildman–Crippen MR) is 66.9 cm³/mol. The maximum atomic E-state index is 8.46. The van der Waals surface area contributed by atoms with Crippen LogP contribution in [0.3, 0.4) is 0 Å². The molecular weight excluding hydrogens is 218 g/mol. The third kappa shape index (κ3) is 4.71. The van der Waals surface area contributed by atoms with Crippen LogP contribution in [0.2, 0.25) is 0 Å². The van der Waals surface area contributed by atoms with E-state index in [9.17, 15) is 0 Å². The van der Waals surface area contributed by atoms with Crippen LogP contribution in [-0.2, 0) is 12.3 Å². The van der Waals surface area contributed by atoms with Crippen molar-refractivity contribution in [2.45, 2.75) is 44.9 Å². The van der Waals surface area contributed by atoms with Crippen molar-refractivity contribution in [2.75, 3.05) is 5.75 Å². The van der Waals surface area contributed by atoms with E-state index >= 15 is 0 Å². The van der Waals surface area contributed by atoms with Gasteiger partial charge in [-0.25, -0.2) is 9.55 Å². The molecule has 0 unspecified atom stereocenters. The summed E-state index contributed by atoms with van der Waals surface area (Å²) in [6.45, 7) is 3.23. The topological polar surface area (TPSA) is 43.5 Å². The molecule has 1 aromatic rings. The molecule has 0 fully saturated rings. The molecule has 0 atom stereocenters. The van der Waals surface area contributed by atoms with E-state index in [1.54, 1.807) is 0 Å². The van der Waals surface area contributed by atoms with Crippen LogP contribution in [0.1, 0.15) is 38.4 Å². The van der Waals surface area contributed by atoms with Gasteiger partial charge in [-0.2, -0.15) is 5.26 Å². The molecule has 0 radical (unpaired) electrons. The maximum absolute atomic E-state index is 8.46. The molecule has 1 rings (SSSR count). The molecule has 0 aromatic carbocycles. The summed E-state index contributed by atoms with van der Waals surface area (Å²) in [5, 5.41) is 8.46. The third-order valence-corrected chi connectivity index (χ3v) is 3.55. The molecule has 1 heterocycles. The number of nitriles is 1. The first kappa shape index (κ1) is 13.1. The minimum absolute atomic E-state index is 0.672. The fourth-order valence-electron chi connectivity index (χ4n) is 1.53. The van der Waals surface area contributed by atoms with Crippen molar-refractivity contribution in [3.8, 4) is 6.07 Å². The van der Waals surface area contributed by atoms with E-state index in [-0.39, 0.29) is 0 Å². The molecule has 1 aromatic heterocycles. The number of nitrogens with one attached hydrogen (secondary N) is 1. The largest absolute Gasteiger partial charge is 0.264 e. The van der Waals surface area contributed by atoms with Crippen LogP contribution in [0.25, 0.3) is 0 Å². The first-order chi connectivity index (χ1) is 7.88. The van der Waals surface area contributed by atoms with E-state index in [2.05, 4.69) is 28.7 Å². The Bertz CT molecular complexity index is 327. The Balaban J connectivity index is 2.29. The van der Waals surface area contributed by atoms with Crippen molar-refractivity contribution in [3.63, 3.8) is 0 Å². The summed E-state index contributed by atoms with van der Waals surface area (Å²) in [7, 11) is 0. The number of hydrogen-bond acceptors (Lipinski definition) is 2. The number of thioether (sulfide) groups is 1. The minimum Gasteiger partial charge on any atom is -0.247 e. The second kappa shape index (κ2) is 8.23. The van der Waals surface area contributed by atoms with Crippen molar-refractivity contribution in [1.82, 2.24) is 4.98 Å². The molecule has 1 N–H and O–H groups in total. The lowest BCUT2D eigenvalue weighted by molar-refractivity contribution is -0.702. The molecule has 3 nitrogen and oxygen atoms in total. The van der Waals surface area contributed by atoms with Crippen LogP contribution in [0, 0.1) is 11.3 Å². The van der Waals surface area contributed by atoms with Gasteiger partial charge < -0.3 is 0 Å². The predicted octanol–water partition coefficient (Wildman–Crippen LogP) is 2.64. The summed E-state index contributed by atoms with van der Waals surface area (Å²) in [5.41, 5.74) is 0. The van der Waals surface area contributed by atoms with Gasteiger partial charge in [-0.3, -0.25) is 0 Å². The molecular formula is C12H20N3S+. The average Bonchev–Trinajstić information content (AvgIpc) is 2.73. The Kier molecular flexibility index (Phi) is 6.75. The lowest BCUT2D eigenvalue weighted by Crippen LogP contribution is -2.35. The summed E-state index contributed by atoms with van der Waals surface area (Å²) < 4.78 is 2.26. The number of unbranched alkanes of at least 4 members (excludes halogenated alkanes) is 2. The highest BCUT2D eigenvalue weighted by molar-refractivity contribution is 7.98. The summed E-state index contributed by atoms with van der Waals surface area (Å²) in [5.74, 6) is 3.56. The molecule has 4 heteroatoms. The molecule has 0 amide bonds. The summed E-state index contributed by atoms with van der Waals surface area (Å²) >= 11 is 1.96. The third-order valence-electron chi connectivity index (χ3n) is 2.38. The van der Waals surface area contributed by atoms with Crippen molar-refractivity contribution < 1.29 is 4.57 Å². The van der Waals surface area contributed by atoms with Crippen LogP contribution in [0.15, 0.2) is 12.4 Å². The molecule has 88 valence electrons. The van der Waals surface area contributed by atoms with Gasteiger partial charge in [0.15, 0.2) is 0 Å². The van der Waals surface area contributed by atoms with Crippen LogP contribution < -0.4 is 4.57 Å². The zero-order valence-electron chi connectivity index (χ0n) is 9.91. The van der Waals surface area contributed by atoms with Crippen LogP contribution in [0.5, 0.6) is 0 Å². The first-order valence-electron chi connectivity index (χ1n) is 5.89. The minimum atomic E-state index is 0.672. The molecule has 0 saturated carbocycles. The van der Waals surface area contributed by atoms with Crippen molar-refractivity contribution >= 4 is 11.8 Å². The van der Waals surface area contributed by atoms with Gasteiger partial charge in [0.25, 0.3) is 5.82 Å². The normalized spacial score (nSPS) is 10.2. The zero-order chi connectivity index (χ0) is 11.6. The Morgan fingerprint density at radius 3 is 3.12 bits per heavy atom. The van der Waals surface area contributed by atoms with Gasteiger partial charge in [-0.05, 0) is 25.0 Å². The molecule has 0 spiro atoms. The fraction of sp³-hybridized carbons (Fsp3) is 0.667. The number of hydrogen-bond donors (Lipinski definition) is 1. The van der Waals surface area contributed by atoms with Gasteiger partial charge in [0, 0.05) is 6.42 Å². The maximum Gasteiger partial charge on any atom is 0.264 e. The second-order valence-electron chi connectivity index (χ2n) is 3.77. The average molecular weight is 238 g/mol. The highest BCUT2D eigenvalue weighted by Gasteiger charge is 2.09. The first-order valence-corrected chi connectivity index (χ1v) is 7.04. The number of rotatable bonds is 8. The Morgan fingerprint density at radius 2 is 2.38 bits per heavy atom. The smallest absolute Gasteiger partial charge is 0.247 e. The number of H-pyrrole nitrogens is 1. The second-order valence-corrected chi connectivity index (χ2v) is 4.87. The van der Waals surface area contributed by atoms with E-state index < -0.39 is 0 Å².